The molecule has 3 N–H and O–H groups in total. The summed E-state index contributed by atoms with van der Waals surface area (Å²) in [5.41, 5.74) is 0. The van der Waals surface area contributed by atoms with Crippen LogP contribution in [0.3, 0.4) is 0 Å². The molecular formula is C7H20O3. The van der Waals surface area contributed by atoms with Crippen LogP contribution in [0.25, 0.3) is 0 Å². The van der Waals surface area contributed by atoms with Gasteiger partial charge in [0, 0.05) is 0 Å². The Hall–Kier alpha value is -0.120. The molecule has 0 aromatic rings. The van der Waals surface area contributed by atoms with Crippen LogP contribution in [0, 0.1) is 0 Å². The van der Waals surface area contributed by atoms with Gasteiger partial charge in [-0.15, -0.1) is 0 Å². The highest BCUT2D eigenvalue weighted by Gasteiger charge is 1.93. The van der Waals surface area contributed by atoms with E-state index < -0.39 is 6.10 Å². The Bertz CT molecular complexity index is 35.8. The van der Waals surface area contributed by atoms with Crippen molar-refractivity contribution in [3.8, 4) is 0 Å². The maximum Gasteiger partial charge on any atom is 0.100 e. The predicted octanol–water partition coefficient (Wildman–Crippen LogP) is 0.384. The lowest BCUT2D eigenvalue weighted by Gasteiger charge is -1.96. The van der Waals surface area contributed by atoms with Crippen LogP contribution in [-0.2, 0) is 0 Å². The highest BCUT2D eigenvalue weighted by molar-refractivity contribution is 4.43. The third-order valence-corrected chi connectivity index (χ3v) is 0.421. The van der Waals surface area contributed by atoms with Gasteiger partial charge in [0.2, 0.25) is 0 Å². The number of aliphatic hydroxyl groups excluding tert-OH is 3. The van der Waals surface area contributed by atoms with E-state index in [9.17, 15) is 0 Å². The molecule has 0 radical (unpaired) electrons. The Labute approximate surface area is 63.3 Å². The van der Waals surface area contributed by atoms with Crippen molar-refractivity contribution in [2.75, 3.05) is 13.2 Å². The Kier molecular flexibility index (Phi) is 26.2. The van der Waals surface area contributed by atoms with E-state index in [1.165, 1.54) is 6.42 Å². The topological polar surface area (TPSA) is 60.7 Å². The Morgan fingerprint density at radius 3 is 1.30 bits per heavy atom. The molecule has 0 aromatic carbocycles. The van der Waals surface area contributed by atoms with Gasteiger partial charge in [0.05, 0.1) is 13.2 Å². The lowest BCUT2D eigenvalue weighted by Crippen LogP contribution is -2.15. The van der Waals surface area contributed by atoms with E-state index in [0.29, 0.717) is 0 Å². The van der Waals surface area contributed by atoms with Gasteiger partial charge in [-0.05, 0) is 0 Å². The van der Waals surface area contributed by atoms with Gasteiger partial charge in [0.15, 0.2) is 0 Å². The molecule has 3 heteroatoms. The van der Waals surface area contributed by atoms with Crippen molar-refractivity contribution < 1.29 is 15.3 Å². The van der Waals surface area contributed by atoms with Crippen LogP contribution in [-0.4, -0.2) is 34.6 Å². The van der Waals surface area contributed by atoms with Gasteiger partial charge < -0.3 is 15.3 Å². The fourth-order valence-electron chi connectivity index (χ4n) is 0.0577. The Balaban J connectivity index is -0.000000107. The van der Waals surface area contributed by atoms with Crippen LogP contribution in [0.15, 0.2) is 0 Å². The van der Waals surface area contributed by atoms with E-state index in [-0.39, 0.29) is 20.6 Å². The summed E-state index contributed by atoms with van der Waals surface area (Å²) in [4.78, 5) is 0. The summed E-state index contributed by atoms with van der Waals surface area (Å²) in [6, 6.07) is 0. The van der Waals surface area contributed by atoms with E-state index in [1.54, 1.807) is 0 Å². The monoisotopic (exact) mass is 152 g/mol. The minimum absolute atomic E-state index is 0. The highest BCUT2D eigenvalue weighted by Crippen LogP contribution is 1.71. The summed E-state index contributed by atoms with van der Waals surface area (Å²) >= 11 is 0. The second-order valence-corrected chi connectivity index (χ2v) is 1.73. The van der Waals surface area contributed by atoms with Gasteiger partial charge in [-0.25, -0.2) is 0 Å². The molecule has 0 unspecified atom stereocenters. The quantitative estimate of drug-likeness (QED) is 0.536. The normalized spacial score (nSPS) is 7.80. The Morgan fingerprint density at radius 1 is 1.10 bits per heavy atom. The molecule has 0 spiro atoms. The highest BCUT2D eigenvalue weighted by atomic mass is 16.3. The summed E-state index contributed by atoms with van der Waals surface area (Å²) in [7, 11) is 0. The zero-order valence-corrected chi connectivity index (χ0v) is 6.04. The van der Waals surface area contributed by atoms with Gasteiger partial charge >= 0.3 is 0 Å². The lowest BCUT2D eigenvalue weighted by atomic mass is 10.4. The minimum atomic E-state index is -0.954. The van der Waals surface area contributed by atoms with Crippen molar-refractivity contribution in [3.05, 3.63) is 0 Å². The van der Waals surface area contributed by atoms with Gasteiger partial charge in [0.25, 0.3) is 0 Å². The van der Waals surface area contributed by atoms with E-state index >= 15 is 0 Å². The fourth-order valence-corrected chi connectivity index (χ4v) is 0.0577. The van der Waals surface area contributed by atoms with Gasteiger partial charge in [-0.1, -0.05) is 27.7 Å². The van der Waals surface area contributed by atoms with Crippen molar-refractivity contribution in [1.29, 1.82) is 0 Å². The van der Waals surface area contributed by atoms with E-state index in [1.807, 2.05) is 0 Å². The summed E-state index contributed by atoms with van der Waals surface area (Å²) in [5.74, 6) is 0. The number of aliphatic hydroxyl groups is 3. The molecule has 10 heavy (non-hydrogen) atoms. The summed E-state index contributed by atoms with van der Waals surface area (Å²) in [6.07, 6.45) is 0.296. The second-order valence-electron chi connectivity index (χ2n) is 1.73. The van der Waals surface area contributed by atoms with Gasteiger partial charge in [-0.3, -0.25) is 0 Å². The molecule has 0 saturated carbocycles. The van der Waals surface area contributed by atoms with E-state index in [2.05, 4.69) is 13.8 Å². The fraction of sp³-hybridized carbons (Fsp3) is 1.00. The SMILES string of the molecule is C.CCC.OCC(O)CO. The molecule has 0 atom stereocenters. The molecular weight excluding hydrogens is 132 g/mol. The number of rotatable bonds is 2. The number of hydrogen-bond donors (Lipinski definition) is 3. The van der Waals surface area contributed by atoms with Gasteiger partial charge in [-0.2, -0.15) is 0 Å². The summed E-state index contributed by atoms with van der Waals surface area (Å²) in [5, 5.41) is 24.0. The molecule has 0 aliphatic carbocycles. The van der Waals surface area contributed by atoms with E-state index in [4.69, 9.17) is 15.3 Å². The van der Waals surface area contributed by atoms with E-state index in [0.717, 1.165) is 0 Å². The molecule has 0 aromatic heterocycles. The average molecular weight is 152 g/mol. The zero-order valence-electron chi connectivity index (χ0n) is 6.04. The molecule has 0 amide bonds. The third kappa shape index (κ3) is 24.8. The van der Waals surface area contributed by atoms with Crippen molar-refractivity contribution in [1.82, 2.24) is 0 Å². The molecule has 0 heterocycles. The van der Waals surface area contributed by atoms with Crippen LogP contribution in [0.2, 0.25) is 0 Å². The molecule has 0 aliphatic heterocycles. The van der Waals surface area contributed by atoms with Crippen molar-refractivity contribution in [2.45, 2.75) is 33.8 Å². The van der Waals surface area contributed by atoms with Crippen molar-refractivity contribution >= 4 is 0 Å². The summed E-state index contributed by atoms with van der Waals surface area (Å²) < 4.78 is 0. The molecule has 0 saturated heterocycles. The largest absolute Gasteiger partial charge is 0.394 e. The van der Waals surface area contributed by atoms with Crippen LogP contribution in [0.1, 0.15) is 27.7 Å². The standard InChI is InChI=1S/C3H8O3.C3H8.CH4/c4-1-3(6)2-5;1-3-2;/h3-6H,1-2H2;3H2,1-2H3;1H4. The predicted molar refractivity (Wildman–Crippen MR) is 42.9 cm³/mol. The van der Waals surface area contributed by atoms with Gasteiger partial charge in [0.1, 0.15) is 6.10 Å². The zero-order chi connectivity index (χ0) is 7.70. The second kappa shape index (κ2) is 15.9. The van der Waals surface area contributed by atoms with Crippen LogP contribution < -0.4 is 0 Å². The first-order valence-corrected chi connectivity index (χ1v) is 3.12. The molecule has 0 fully saturated rings. The number of hydrogen-bond acceptors (Lipinski definition) is 3. The molecule has 0 aliphatic rings. The maximum atomic E-state index is 8.17. The first-order chi connectivity index (χ1) is 4.22. The maximum absolute atomic E-state index is 8.17. The third-order valence-electron chi connectivity index (χ3n) is 0.421. The minimum Gasteiger partial charge on any atom is -0.394 e. The summed E-state index contributed by atoms with van der Waals surface area (Å²) in [6.45, 7) is 3.52. The van der Waals surface area contributed by atoms with Crippen LogP contribution in [0.4, 0.5) is 0 Å². The Morgan fingerprint density at radius 2 is 1.30 bits per heavy atom. The first kappa shape index (κ1) is 16.5. The lowest BCUT2D eigenvalue weighted by molar-refractivity contribution is 0.0450. The average Bonchev–Trinajstić information content (AvgIpc) is 1.88. The molecule has 0 bridgehead atoms. The molecule has 3 nitrogen and oxygen atoms in total. The van der Waals surface area contributed by atoms with Crippen LogP contribution in [0.5, 0.6) is 0 Å². The van der Waals surface area contributed by atoms with Crippen molar-refractivity contribution in [3.63, 3.8) is 0 Å². The molecule has 0 rings (SSSR count). The van der Waals surface area contributed by atoms with Crippen LogP contribution >= 0.6 is 0 Å². The smallest absolute Gasteiger partial charge is 0.100 e. The first-order valence-electron chi connectivity index (χ1n) is 3.12. The van der Waals surface area contributed by atoms with Crippen molar-refractivity contribution in [2.24, 2.45) is 0 Å². The molecule has 66 valence electrons.